The van der Waals surface area contributed by atoms with Gasteiger partial charge in [-0.25, -0.2) is 0 Å². The van der Waals surface area contributed by atoms with Gasteiger partial charge in [0.2, 0.25) is 5.91 Å². The predicted molar refractivity (Wildman–Crippen MR) is 133 cm³/mol. The second-order valence-electron chi connectivity index (χ2n) is 10.1. The zero-order valence-corrected chi connectivity index (χ0v) is 20.7. The van der Waals surface area contributed by atoms with Crippen LogP contribution in [0, 0.1) is 11.3 Å². The molecule has 1 aromatic heterocycles. The van der Waals surface area contributed by atoms with Crippen LogP contribution in [0.1, 0.15) is 50.2 Å². The molecule has 0 bridgehead atoms. The molecule has 0 radical (unpaired) electrons. The van der Waals surface area contributed by atoms with Crippen molar-refractivity contribution in [2.75, 3.05) is 13.1 Å². The summed E-state index contributed by atoms with van der Waals surface area (Å²) in [7, 11) is 0. The Morgan fingerprint density at radius 3 is 2.41 bits per heavy atom. The zero-order chi connectivity index (χ0) is 24.7. The molecule has 6 nitrogen and oxygen atoms in total. The molecule has 2 heterocycles. The molecule has 1 aliphatic rings. The maximum Gasteiger partial charge on any atom is 0.287 e. The van der Waals surface area contributed by atoms with E-state index in [1.165, 1.54) is 0 Å². The van der Waals surface area contributed by atoms with Crippen LogP contribution >= 0.6 is 11.6 Å². The lowest BCUT2D eigenvalue weighted by Crippen LogP contribution is -2.60. The molecule has 0 saturated carbocycles. The van der Waals surface area contributed by atoms with Crippen LogP contribution in [0.4, 0.5) is 0 Å². The first-order valence-corrected chi connectivity index (χ1v) is 12.0. The van der Waals surface area contributed by atoms with Crippen molar-refractivity contribution in [3.63, 3.8) is 0 Å². The van der Waals surface area contributed by atoms with Gasteiger partial charge in [0, 0.05) is 28.9 Å². The molecular weight excluding hydrogens is 452 g/mol. The molecule has 1 fully saturated rings. The highest BCUT2D eigenvalue weighted by Crippen LogP contribution is 2.46. The average Bonchev–Trinajstić information content (AvgIpc) is 3.23. The van der Waals surface area contributed by atoms with Crippen LogP contribution in [0.5, 0.6) is 0 Å². The Bertz CT molecular complexity index is 1170. The molecule has 2 atom stereocenters. The molecule has 2 amide bonds. The van der Waals surface area contributed by atoms with Gasteiger partial charge < -0.3 is 19.7 Å². The number of piperidine rings is 1. The number of rotatable bonds is 5. The summed E-state index contributed by atoms with van der Waals surface area (Å²) in [5, 5.41) is 15.9. The van der Waals surface area contributed by atoms with E-state index in [-0.39, 0.29) is 17.6 Å². The van der Waals surface area contributed by atoms with Crippen molar-refractivity contribution < 1.29 is 19.1 Å². The van der Waals surface area contributed by atoms with Gasteiger partial charge in [0.15, 0.2) is 5.76 Å². The van der Waals surface area contributed by atoms with E-state index in [1.807, 2.05) is 58.0 Å². The quantitative estimate of drug-likeness (QED) is 0.537. The second-order valence-corrected chi connectivity index (χ2v) is 10.5. The molecular formula is C27H31ClN2O4. The van der Waals surface area contributed by atoms with E-state index in [0.717, 1.165) is 10.9 Å². The third kappa shape index (κ3) is 4.44. The average molecular weight is 483 g/mol. The Morgan fingerprint density at radius 2 is 1.79 bits per heavy atom. The largest absolute Gasteiger partial charge is 0.451 e. The number of nitrogens with one attached hydrogen (secondary N) is 1. The first-order valence-electron chi connectivity index (χ1n) is 11.6. The van der Waals surface area contributed by atoms with E-state index in [2.05, 4.69) is 5.32 Å². The predicted octanol–water partition coefficient (Wildman–Crippen LogP) is 4.99. The van der Waals surface area contributed by atoms with E-state index in [4.69, 9.17) is 16.0 Å². The van der Waals surface area contributed by atoms with Gasteiger partial charge >= 0.3 is 0 Å². The Balaban J connectivity index is 1.51. The number of likely N-dealkylation sites (tertiary alicyclic amines) is 1. The van der Waals surface area contributed by atoms with Crippen molar-refractivity contribution in [3.8, 4) is 0 Å². The number of hydrogen-bond donors (Lipinski definition) is 2. The van der Waals surface area contributed by atoms with E-state index >= 15 is 0 Å². The fourth-order valence-electron chi connectivity index (χ4n) is 4.79. The minimum Gasteiger partial charge on any atom is -0.451 e. The minimum atomic E-state index is -1.10. The lowest BCUT2D eigenvalue weighted by Gasteiger charge is -2.51. The number of carbonyl (C=O) groups excluding carboxylic acids is 2. The van der Waals surface area contributed by atoms with Crippen LogP contribution in [-0.2, 0) is 10.4 Å². The highest BCUT2D eigenvalue weighted by molar-refractivity contribution is 6.30. The zero-order valence-electron chi connectivity index (χ0n) is 20.0. The highest BCUT2D eigenvalue weighted by Gasteiger charge is 2.50. The molecule has 0 aliphatic carbocycles. The van der Waals surface area contributed by atoms with Gasteiger partial charge in [-0.05, 0) is 42.2 Å². The first kappa shape index (κ1) is 24.3. The number of benzene rings is 2. The van der Waals surface area contributed by atoms with E-state index in [1.54, 1.807) is 29.2 Å². The van der Waals surface area contributed by atoms with Gasteiger partial charge in [0.05, 0.1) is 5.60 Å². The number of furan rings is 1. The van der Waals surface area contributed by atoms with Crippen LogP contribution in [0.2, 0.25) is 5.02 Å². The van der Waals surface area contributed by atoms with Crippen LogP contribution in [0.3, 0.4) is 0 Å². The van der Waals surface area contributed by atoms with E-state index < -0.39 is 23.0 Å². The standard InChI is InChI=1S/C27H31ClN2O4/c1-17(2)23(29-24(31)22-15-18-7-5-6-8-21(18)34-22)25(32)30-14-13-27(33,26(3,4)16-30)19-9-11-20(28)12-10-19/h5-12,15,17,23,33H,13-14,16H2,1-4H3,(H,29,31)/t23-,27+/m1/s1. The number of para-hydroxylation sites is 1. The van der Waals surface area contributed by atoms with Gasteiger partial charge in [-0.3, -0.25) is 9.59 Å². The SMILES string of the molecule is CC(C)[C@@H](NC(=O)c1cc2ccccc2o1)C(=O)N1CC[C@](O)(c2ccc(Cl)cc2)C(C)(C)C1. The minimum absolute atomic E-state index is 0.124. The smallest absolute Gasteiger partial charge is 0.287 e. The van der Waals surface area contributed by atoms with Crippen molar-refractivity contribution in [2.45, 2.75) is 45.8 Å². The van der Waals surface area contributed by atoms with Crippen molar-refractivity contribution in [1.29, 1.82) is 0 Å². The number of aliphatic hydroxyl groups is 1. The topological polar surface area (TPSA) is 82.8 Å². The molecule has 34 heavy (non-hydrogen) atoms. The summed E-state index contributed by atoms with van der Waals surface area (Å²) in [6.07, 6.45) is 0.385. The number of carbonyl (C=O) groups is 2. The van der Waals surface area contributed by atoms with Crippen molar-refractivity contribution in [3.05, 3.63) is 70.9 Å². The van der Waals surface area contributed by atoms with Crippen LogP contribution in [0.15, 0.2) is 59.0 Å². The monoisotopic (exact) mass is 482 g/mol. The third-order valence-electron chi connectivity index (χ3n) is 6.95. The molecule has 1 saturated heterocycles. The molecule has 1 aliphatic heterocycles. The summed E-state index contributed by atoms with van der Waals surface area (Å²) in [5.74, 6) is -0.528. The van der Waals surface area contributed by atoms with Crippen LogP contribution < -0.4 is 5.32 Å². The highest BCUT2D eigenvalue weighted by atomic mass is 35.5. The van der Waals surface area contributed by atoms with Gasteiger partial charge in [0.25, 0.3) is 5.91 Å². The molecule has 7 heteroatoms. The van der Waals surface area contributed by atoms with Gasteiger partial charge in [-0.2, -0.15) is 0 Å². The number of hydrogen-bond acceptors (Lipinski definition) is 4. The summed E-state index contributed by atoms with van der Waals surface area (Å²) in [4.78, 5) is 28.2. The molecule has 0 unspecified atom stereocenters. The summed E-state index contributed by atoms with van der Waals surface area (Å²) in [6.45, 7) is 8.46. The molecule has 3 aromatic rings. The molecule has 2 aromatic carbocycles. The third-order valence-corrected chi connectivity index (χ3v) is 7.20. The normalized spacial score (nSPS) is 21.0. The van der Waals surface area contributed by atoms with Gasteiger partial charge in [-0.1, -0.05) is 69.6 Å². The number of amides is 2. The van der Waals surface area contributed by atoms with Crippen molar-refractivity contribution >= 4 is 34.4 Å². The van der Waals surface area contributed by atoms with Gasteiger partial charge in [-0.15, -0.1) is 0 Å². The van der Waals surface area contributed by atoms with Gasteiger partial charge in [0.1, 0.15) is 11.6 Å². The molecule has 2 N–H and O–H groups in total. The maximum atomic E-state index is 13.5. The van der Waals surface area contributed by atoms with E-state index in [9.17, 15) is 14.7 Å². The Labute approximate surface area is 204 Å². The summed E-state index contributed by atoms with van der Waals surface area (Å²) in [6, 6.07) is 15.6. The lowest BCUT2D eigenvalue weighted by molar-refractivity contribution is -0.155. The Morgan fingerprint density at radius 1 is 1.12 bits per heavy atom. The lowest BCUT2D eigenvalue weighted by atomic mass is 9.66. The Kier molecular flexibility index (Phi) is 6.49. The van der Waals surface area contributed by atoms with Crippen LogP contribution in [-0.4, -0.2) is 41.0 Å². The summed E-state index contributed by atoms with van der Waals surface area (Å²) in [5.41, 5.74) is -0.301. The maximum absolute atomic E-state index is 13.5. The Hall–Kier alpha value is -2.83. The number of nitrogens with zero attached hydrogens (tertiary/aromatic N) is 1. The second kappa shape index (κ2) is 9.08. The molecule has 4 rings (SSSR count). The van der Waals surface area contributed by atoms with Crippen LogP contribution in [0.25, 0.3) is 11.0 Å². The summed E-state index contributed by atoms with van der Waals surface area (Å²) >= 11 is 6.03. The fourth-order valence-corrected chi connectivity index (χ4v) is 4.91. The number of halogens is 1. The molecule has 0 spiro atoms. The first-order chi connectivity index (χ1) is 16.0. The summed E-state index contributed by atoms with van der Waals surface area (Å²) < 4.78 is 5.67. The van der Waals surface area contributed by atoms with E-state index in [0.29, 0.717) is 30.1 Å². The van der Waals surface area contributed by atoms with Crippen molar-refractivity contribution in [1.82, 2.24) is 10.2 Å². The fraction of sp³-hybridized carbons (Fsp3) is 0.407. The number of fused-ring (bicyclic) bond motifs is 1. The molecule has 180 valence electrons. The van der Waals surface area contributed by atoms with Crippen molar-refractivity contribution in [2.24, 2.45) is 11.3 Å².